The first kappa shape index (κ1) is 29.2. The van der Waals surface area contributed by atoms with Crippen molar-refractivity contribution >= 4 is 36.8 Å². The van der Waals surface area contributed by atoms with Crippen LogP contribution in [0.3, 0.4) is 0 Å². The highest BCUT2D eigenvalue weighted by atomic mass is 32.2. The second-order valence-electron chi connectivity index (χ2n) is 8.03. The first-order valence-electron chi connectivity index (χ1n) is 11.3. The molecule has 0 spiro atoms. The monoisotopic (exact) mass is 569 g/mol. The van der Waals surface area contributed by atoms with Crippen LogP contribution < -0.4 is 10.5 Å². The van der Waals surface area contributed by atoms with Crippen LogP contribution in [0.2, 0.25) is 0 Å². The number of nitrogen functional groups attached to an aromatic ring is 1. The van der Waals surface area contributed by atoms with Crippen molar-refractivity contribution in [1.82, 2.24) is 19.5 Å². The molecular formula is C22H26F6N5O2PS. The number of benzene rings is 1. The van der Waals surface area contributed by atoms with Gasteiger partial charge in [0.25, 0.3) is 0 Å². The van der Waals surface area contributed by atoms with Crippen molar-refractivity contribution in [2.75, 3.05) is 37.6 Å². The van der Waals surface area contributed by atoms with Crippen LogP contribution in [-0.4, -0.2) is 63.8 Å². The zero-order valence-corrected chi connectivity index (χ0v) is 21.6. The number of imidazole rings is 1. The zero-order chi connectivity index (χ0) is 27.1. The number of fused-ring (bicyclic) bond motifs is 1. The highest BCUT2D eigenvalue weighted by Gasteiger charge is 2.38. The summed E-state index contributed by atoms with van der Waals surface area (Å²) in [7, 11) is -2.44. The molecule has 3 aromatic rings. The van der Waals surface area contributed by atoms with E-state index >= 15 is 0 Å². The fourth-order valence-corrected chi connectivity index (χ4v) is 5.80. The van der Waals surface area contributed by atoms with Gasteiger partial charge in [-0.25, -0.2) is 9.97 Å². The zero-order valence-electron chi connectivity index (χ0n) is 19.8. The second-order valence-corrected chi connectivity index (χ2v) is 11.3. The van der Waals surface area contributed by atoms with E-state index in [1.807, 2.05) is 24.3 Å². The lowest BCUT2D eigenvalue weighted by Crippen LogP contribution is -2.22. The standard InChI is InChI=1S/C22H26F6N5O2PS/c1-2-3-9-35-15-4-6-16(7-5-15)37-19-17-18(31-20(29)32-19)33(13-30-17)8-10-34-14-36(11-21(23,24)25)12-22(26,27)28/h4-7,13H,2-3,8-12,14H2,1H3,(H2,29,31,32). The maximum Gasteiger partial charge on any atom is 0.392 e. The lowest BCUT2D eigenvalue weighted by Gasteiger charge is -2.20. The Labute approximate surface area is 214 Å². The molecule has 0 saturated heterocycles. The molecule has 204 valence electrons. The molecule has 15 heteroatoms. The van der Waals surface area contributed by atoms with E-state index in [-0.39, 0.29) is 19.1 Å². The van der Waals surface area contributed by atoms with E-state index in [1.165, 1.54) is 18.1 Å². The first-order chi connectivity index (χ1) is 17.4. The molecule has 2 N–H and O–H groups in total. The van der Waals surface area contributed by atoms with E-state index in [0.29, 0.717) is 22.8 Å². The summed E-state index contributed by atoms with van der Waals surface area (Å²) in [4.78, 5) is 13.6. The molecule has 0 atom stereocenters. The Morgan fingerprint density at radius 2 is 1.68 bits per heavy atom. The van der Waals surface area contributed by atoms with Crippen molar-refractivity contribution in [2.45, 2.75) is 48.6 Å². The molecule has 0 aliphatic heterocycles. The third-order valence-corrected chi connectivity index (χ3v) is 7.96. The number of rotatable bonds is 13. The van der Waals surface area contributed by atoms with Crippen LogP contribution >= 0.6 is 19.7 Å². The molecule has 0 aliphatic carbocycles. The van der Waals surface area contributed by atoms with Crippen LogP contribution in [0.4, 0.5) is 32.3 Å². The summed E-state index contributed by atoms with van der Waals surface area (Å²) < 4.78 is 88.3. The van der Waals surface area contributed by atoms with E-state index in [2.05, 4.69) is 21.9 Å². The van der Waals surface area contributed by atoms with Crippen molar-refractivity contribution in [2.24, 2.45) is 0 Å². The largest absolute Gasteiger partial charge is 0.494 e. The lowest BCUT2D eigenvalue weighted by molar-refractivity contribution is -0.112. The van der Waals surface area contributed by atoms with Gasteiger partial charge in [-0.05, 0) is 30.7 Å². The summed E-state index contributed by atoms with van der Waals surface area (Å²) in [5.41, 5.74) is 6.71. The Morgan fingerprint density at radius 3 is 2.30 bits per heavy atom. The molecule has 0 bridgehead atoms. The van der Waals surface area contributed by atoms with Gasteiger partial charge in [0.05, 0.1) is 38.2 Å². The quantitative estimate of drug-likeness (QED) is 0.112. The highest BCUT2D eigenvalue weighted by molar-refractivity contribution is 7.99. The van der Waals surface area contributed by atoms with Gasteiger partial charge in [0, 0.05) is 11.4 Å². The average molecular weight is 570 g/mol. The molecule has 37 heavy (non-hydrogen) atoms. The second kappa shape index (κ2) is 13.0. The number of nitrogens with zero attached hydrogens (tertiary/aromatic N) is 4. The summed E-state index contributed by atoms with van der Waals surface area (Å²) in [6, 6.07) is 7.45. The number of unbranched alkanes of at least 4 members (excludes halogenated alkanes) is 1. The predicted molar refractivity (Wildman–Crippen MR) is 130 cm³/mol. The maximum absolute atomic E-state index is 12.6. The summed E-state index contributed by atoms with van der Waals surface area (Å²) in [6.45, 7) is 2.71. The van der Waals surface area contributed by atoms with Crippen LogP contribution in [0.25, 0.3) is 11.2 Å². The highest BCUT2D eigenvalue weighted by Crippen LogP contribution is 2.45. The summed E-state index contributed by atoms with van der Waals surface area (Å²) in [6.07, 6.45) is -9.56. The Hall–Kier alpha value is -2.31. The molecule has 0 unspecified atom stereocenters. The third kappa shape index (κ3) is 9.82. The van der Waals surface area contributed by atoms with Gasteiger partial charge in [-0.15, -0.1) is 0 Å². The number of alkyl halides is 6. The minimum atomic E-state index is -4.69. The number of hydrogen-bond acceptors (Lipinski definition) is 7. The lowest BCUT2D eigenvalue weighted by atomic mass is 10.3. The van der Waals surface area contributed by atoms with Gasteiger partial charge in [0.2, 0.25) is 5.95 Å². The van der Waals surface area contributed by atoms with Crippen molar-refractivity contribution in [3.8, 4) is 5.75 Å². The van der Waals surface area contributed by atoms with Gasteiger partial charge in [-0.2, -0.15) is 31.3 Å². The van der Waals surface area contributed by atoms with Crippen molar-refractivity contribution in [3.05, 3.63) is 30.6 Å². The molecule has 3 rings (SSSR count). The number of ether oxygens (including phenoxy) is 2. The summed E-state index contributed by atoms with van der Waals surface area (Å²) in [5.74, 6) is 0.750. The van der Waals surface area contributed by atoms with Gasteiger partial charge < -0.3 is 19.8 Å². The fraction of sp³-hybridized carbons (Fsp3) is 0.500. The Kier molecular flexibility index (Phi) is 10.3. The van der Waals surface area contributed by atoms with Gasteiger partial charge >= 0.3 is 12.4 Å². The average Bonchev–Trinajstić information content (AvgIpc) is 3.18. The molecule has 1 aromatic carbocycles. The van der Waals surface area contributed by atoms with Gasteiger partial charge in [0.15, 0.2) is 5.65 Å². The molecular weight excluding hydrogens is 543 g/mol. The van der Waals surface area contributed by atoms with Crippen LogP contribution in [0.1, 0.15) is 19.8 Å². The van der Waals surface area contributed by atoms with Gasteiger partial charge in [-0.3, -0.25) is 0 Å². The number of aromatic nitrogens is 4. The number of anilines is 1. The number of nitrogens with two attached hydrogens (primary N) is 1. The van der Waals surface area contributed by atoms with Crippen LogP contribution in [0, 0.1) is 0 Å². The van der Waals surface area contributed by atoms with Crippen LogP contribution in [-0.2, 0) is 11.3 Å². The Balaban J connectivity index is 1.63. The van der Waals surface area contributed by atoms with Gasteiger partial charge in [0.1, 0.15) is 16.3 Å². The molecule has 0 aliphatic rings. The van der Waals surface area contributed by atoms with Crippen molar-refractivity contribution in [1.29, 1.82) is 0 Å². The van der Waals surface area contributed by atoms with Gasteiger partial charge in [-0.1, -0.05) is 33.0 Å². The molecule has 0 amide bonds. The smallest absolute Gasteiger partial charge is 0.392 e. The number of halogens is 6. The van der Waals surface area contributed by atoms with E-state index in [9.17, 15) is 26.3 Å². The molecule has 0 radical (unpaired) electrons. The van der Waals surface area contributed by atoms with E-state index in [4.69, 9.17) is 15.2 Å². The summed E-state index contributed by atoms with van der Waals surface area (Å²) in [5, 5.41) is 0.501. The fourth-order valence-electron chi connectivity index (χ4n) is 3.23. The molecule has 2 aromatic heterocycles. The SMILES string of the molecule is CCCCOc1ccc(Sc2nc(N)nc3c2ncn3CCOCP(CC(F)(F)F)CC(F)(F)F)cc1. The topological polar surface area (TPSA) is 88.1 Å². The Bertz CT molecular complexity index is 1130. The van der Waals surface area contributed by atoms with Crippen LogP contribution in [0.15, 0.2) is 40.5 Å². The van der Waals surface area contributed by atoms with Crippen LogP contribution in [0.5, 0.6) is 5.75 Å². The molecule has 2 heterocycles. The minimum Gasteiger partial charge on any atom is -0.494 e. The predicted octanol–water partition coefficient (Wildman–Crippen LogP) is 6.32. The van der Waals surface area contributed by atoms with E-state index in [0.717, 1.165) is 23.5 Å². The normalized spacial score (nSPS) is 12.5. The number of hydrogen-bond donors (Lipinski definition) is 1. The molecule has 0 saturated carbocycles. The van der Waals surface area contributed by atoms with Crippen molar-refractivity contribution in [3.63, 3.8) is 0 Å². The maximum atomic E-state index is 12.6. The van der Waals surface area contributed by atoms with E-state index < -0.39 is 38.9 Å². The summed E-state index contributed by atoms with van der Waals surface area (Å²) >= 11 is 1.32. The van der Waals surface area contributed by atoms with Crippen molar-refractivity contribution < 1.29 is 35.8 Å². The minimum absolute atomic E-state index is 0.00365. The van der Waals surface area contributed by atoms with E-state index in [1.54, 1.807) is 4.57 Å². The third-order valence-electron chi connectivity index (χ3n) is 4.81. The molecule has 7 nitrogen and oxygen atoms in total. The molecule has 0 fully saturated rings. The first-order valence-corrected chi connectivity index (χ1v) is 14.0. The Morgan fingerprint density at radius 1 is 1.00 bits per heavy atom.